The maximum Gasteiger partial charge on any atom is 0.227 e. The number of rotatable bonds is 6. The molecule has 0 atom stereocenters. The normalized spacial score (nSPS) is 11.6. The highest BCUT2D eigenvalue weighted by atomic mass is 32.1. The van der Waals surface area contributed by atoms with Crippen LogP contribution < -0.4 is 4.90 Å². The molecule has 4 heteroatoms. The first-order chi connectivity index (χ1) is 27.2. The van der Waals surface area contributed by atoms with Gasteiger partial charge < -0.3 is 9.32 Å². The highest BCUT2D eigenvalue weighted by Gasteiger charge is 2.20. The fourth-order valence-electron chi connectivity index (χ4n) is 8.05. The molecule has 3 nitrogen and oxygen atoms in total. The molecule has 0 aliphatic carbocycles. The first-order valence-electron chi connectivity index (χ1n) is 18.5. The third-order valence-electron chi connectivity index (χ3n) is 10.7. The Bertz CT molecular complexity index is 3190. The van der Waals surface area contributed by atoms with Crippen LogP contribution in [-0.2, 0) is 0 Å². The summed E-state index contributed by atoms with van der Waals surface area (Å²) in [5.74, 6) is 0.623. The summed E-state index contributed by atoms with van der Waals surface area (Å²) >= 11 is 1.85. The molecule has 0 aliphatic rings. The van der Waals surface area contributed by atoms with E-state index < -0.39 is 0 Å². The Kier molecular flexibility index (Phi) is 7.35. The molecule has 0 fully saturated rings. The lowest BCUT2D eigenvalue weighted by atomic mass is 9.92. The van der Waals surface area contributed by atoms with Gasteiger partial charge in [0.1, 0.15) is 5.52 Å². The Hall–Kier alpha value is -7.01. The van der Waals surface area contributed by atoms with Gasteiger partial charge in [-0.15, -0.1) is 11.3 Å². The fourth-order valence-corrected chi connectivity index (χ4v) is 9.17. The van der Waals surface area contributed by atoms with Gasteiger partial charge in [0.25, 0.3) is 0 Å². The summed E-state index contributed by atoms with van der Waals surface area (Å²) in [4.78, 5) is 7.34. The number of hydrogen-bond acceptors (Lipinski definition) is 4. The average Bonchev–Trinajstić information content (AvgIpc) is 3.86. The molecular weight excluding hydrogens is 689 g/mol. The van der Waals surface area contributed by atoms with Crippen LogP contribution >= 0.6 is 11.3 Å². The Labute approximate surface area is 322 Å². The largest absolute Gasteiger partial charge is 0.435 e. The van der Waals surface area contributed by atoms with Crippen molar-refractivity contribution in [3.8, 4) is 33.7 Å². The first kappa shape index (κ1) is 31.5. The number of nitrogens with zero attached hydrogens (tertiary/aromatic N) is 2. The summed E-state index contributed by atoms with van der Waals surface area (Å²) in [5, 5.41) is 7.01. The van der Waals surface area contributed by atoms with Crippen molar-refractivity contribution < 1.29 is 4.42 Å². The molecule has 55 heavy (non-hydrogen) atoms. The summed E-state index contributed by atoms with van der Waals surface area (Å²) in [6.07, 6.45) is 0. The third kappa shape index (κ3) is 5.38. The van der Waals surface area contributed by atoms with Crippen molar-refractivity contribution in [3.05, 3.63) is 194 Å². The highest BCUT2D eigenvalue weighted by molar-refractivity contribution is 7.25. The Morgan fingerprint density at radius 3 is 1.82 bits per heavy atom. The van der Waals surface area contributed by atoms with Crippen LogP contribution in [0.2, 0.25) is 0 Å². The summed E-state index contributed by atoms with van der Waals surface area (Å²) in [6.45, 7) is 0. The molecule has 0 saturated heterocycles. The van der Waals surface area contributed by atoms with Crippen LogP contribution in [0.4, 0.5) is 17.1 Å². The van der Waals surface area contributed by atoms with Crippen molar-refractivity contribution in [3.63, 3.8) is 0 Å². The lowest BCUT2D eigenvalue weighted by molar-refractivity contribution is 0.623. The number of benzene rings is 9. The minimum atomic E-state index is 0.623. The van der Waals surface area contributed by atoms with Crippen LogP contribution in [0.15, 0.2) is 199 Å². The van der Waals surface area contributed by atoms with E-state index >= 15 is 0 Å². The quantitative estimate of drug-likeness (QED) is 0.160. The second kappa shape index (κ2) is 12.8. The summed E-state index contributed by atoms with van der Waals surface area (Å²) in [7, 11) is 0. The molecule has 11 rings (SSSR count). The van der Waals surface area contributed by atoms with Gasteiger partial charge in [0, 0.05) is 48.2 Å². The van der Waals surface area contributed by atoms with Crippen LogP contribution in [0.3, 0.4) is 0 Å². The lowest BCUT2D eigenvalue weighted by Crippen LogP contribution is -2.09. The Morgan fingerprint density at radius 1 is 0.418 bits per heavy atom. The van der Waals surface area contributed by atoms with Crippen molar-refractivity contribution in [1.82, 2.24) is 4.98 Å². The number of oxazole rings is 1. The van der Waals surface area contributed by atoms with Crippen LogP contribution in [-0.4, -0.2) is 4.98 Å². The van der Waals surface area contributed by atoms with E-state index in [0.29, 0.717) is 5.89 Å². The molecule has 0 spiro atoms. The maximum absolute atomic E-state index is 6.68. The van der Waals surface area contributed by atoms with Crippen LogP contribution in [0.5, 0.6) is 0 Å². The molecule has 0 radical (unpaired) electrons. The van der Waals surface area contributed by atoms with Gasteiger partial charge >= 0.3 is 0 Å². The van der Waals surface area contributed by atoms with Crippen molar-refractivity contribution >= 4 is 81.2 Å². The molecule has 2 aromatic heterocycles. The minimum Gasteiger partial charge on any atom is -0.435 e. The van der Waals surface area contributed by atoms with Gasteiger partial charge in [-0.3, -0.25) is 0 Å². The molecule has 0 aliphatic heterocycles. The van der Waals surface area contributed by atoms with Crippen molar-refractivity contribution in [2.45, 2.75) is 0 Å². The molecule has 11 aromatic rings. The fraction of sp³-hybridized carbons (Fsp3) is 0. The number of fused-ring (bicyclic) bond motifs is 8. The van der Waals surface area contributed by atoms with E-state index in [1.54, 1.807) is 0 Å². The topological polar surface area (TPSA) is 29.3 Å². The van der Waals surface area contributed by atoms with Gasteiger partial charge in [-0.25, -0.2) is 4.98 Å². The predicted octanol–water partition coefficient (Wildman–Crippen LogP) is 15.0. The zero-order valence-electron chi connectivity index (χ0n) is 29.7. The molecule has 0 bridgehead atoms. The zero-order valence-corrected chi connectivity index (χ0v) is 30.5. The van der Waals surface area contributed by atoms with Crippen molar-refractivity contribution in [1.29, 1.82) is 0 Å². The molecule has 0 unspecified atom stereocenters. The molecule has 258 valence electrons. The minimum absolute atomic E-state index is 0.623. The number of thiophene rings is 1. The van der Waals surface area contributed by atoms with Gasteiger partial charge in [-0.05, 0) is 111 Å². The van der Waals surface area contributed by atoms with Gasteiger partial charge in [0.2, 0.25) is 5.89 Å². The SMILES string of the molecule is c1ccc(-c2ccc3sc4cc(N(c5ccccc5)c5ccc6c(-c7ccccc7)cc7ccc8nc(-c9ccccc9)oc8c7c6c5)ccc4c3c2)cc1. The summed E-state index contributed by atoms with van der Waals surface area (Å²) < 4.78 is 9.23. The predicted molar refractivity (Wildman–Crippen MR) is 233 cm³/mol. The number of aromatic nitrogens is 1. The standard InChI is InChI=1S/C51H32N2OS/c1-5-13-33(14-6-1)36-22-28-47-44(29-36)42-26-24-40(32-48(42)55-47)53(38-19-11-4-12-20-38)39-23-25-41-43(34-15-7-2-8-16-34)30-37-21-27-46-50(49(37)45(41)31-39)54-51(52-46)35-17-9-3-10-18-35/h1-32H. The second-order valence-electron chi connectivity index (χ2n) is 13.9. The van der Waals surface area contributed by atoms with Crippen molar-refractivity contribution in [2.75, 3.05) is 4.90 Å². The van der Waals surface area contributed by atoms with E-state index in [1.807, 2.05) is 41.7 Å². The maximum atomic E-state index is 6.68. The second-order valence-corrected chi connectivity index (χ2v) is 15.0. The number of para-hydroxylation sites is 1. The van der Waals surface area contributed by atoms with E-state index in [2.05, 4.69) is 169 Å². The summed E-state index contributed by atoms with van der Waals surface area (Å²) in [6, 6.07) is 69.3. The zero-order chi connectivity index (χ0) is 36.3. The molecule has 0 saturated carbocycles. The molecule has 0 amide bonds. The smallest absolute Gasteiger partial charge is 0.227 e. The molecule has 0 N–H and O–H groups in total. The first-order valence-corrected chi connectivity index (χ1v) is 19.3. The van der Waals surface area contributed by atoms with Crippen LogP contribution in [0.25, 0.3) is 86.5 Å². The highest BCUT2D eigenvalue weighted by Crippen LogP contribution is 2.45. The van der Waals surface area contributed by atoms with Gasteiger partial charge in [0.05, 0.1) is 0 Å². The van der Waals surface area contributed by atoms with Gasteiger partial charge in [0.15, 0.2) is 5.58 Å². The van der Waals surface area contributed by atoms with E-state index in [9.17, 15) is 0 Å². The van der Waals surface area contributed by atoms with E-state index in [-0.39, 0.29) is 0 Å². The number of hydrogen-bond donors (Lipinski definition) is 0. The molecule has 2 heterocycles. The monoisotopic (exact) mass is 720 g/mol. The van der Waals surface area contributed by atoms with E-state index in [0.717, 1.165) is 55.3 Å². The van der Waals surface area contributed by atoms with E-state index in [4.69, 9.17) is 9.40 Å². The van der Waals surface area contributed by atoms with Crippen LogP contribution in [0.1, 0.15) is 0 Å². The average molecular weight is 721 g/mol. The van der Waals surface area contributed by atoms with Gasteiger partial charge in [-0.1, -0.05) is 121 Å². The molecular formula is C51H32N2OS. The van der Waals surface area contributed by atoms with E-state index in [1.165, 1.54) is 42.4 Å². The Morgan fingerprint density at radius 2 is 1.07 bits per heavy atom. The molecule has 9 aromatic carbocycles. The lowest BCUT2D eigenvalue weighted by Gasteiger charge is -2.26. The summed E-state index contributed by atoms with van der Waals surface area (Å²) in [5.41, 5.74) is 10.7. The number of anilines is 3. The van der Waals surface area contributed by atoms with Crippen LogP contribution in [0, 0.1) is 0 Å². The van der Waals surface area contributed by atoms with Crippen molar-refractivity contribution in [2.24, 2.45) is 0 Å². The van der Waals surface area contributed by atoms with Gasteiger partial charge in [-0.2, -0.15) is 0 Å². The third-order valence-corrected chi connectivity index (χ3v) is 11.8. The Balaban J connectivity index is 1.14.